The molecule has 0 aliphatic heterocycles. The summed E-state index contributed by atoms with van der Waals surface area (Å²) in [6.07, 6.45) is 5.84. The van der Waals surface area contributed by atoms with Gasteiger partial charge in [0.25, 0.3) is 10.9 Å². The van der Waals surface area contributed by atoms with Gasteiger partial charge in [0.15, 0.2) is 0 Å². The molecule has 1 aliphatic rings. The predicted molar refractivity (Wildman–Crippen MR) is 85.5 cm³/mol. The Morgan fingerprint density at radius 3 is 2.29 bits per heavy atom. The quantitative estimate of drug-likeness (QED) is 0.844. The van der Waals surface area contributed by atoms with Crippen LogP contribution in [-0.4, -0.2) is 6.54 Å². The van der Waals surface area contributed by atoms with E-state index >= 15 is 0 Å². The fraction of sp³-hybridized carbons (Fsp3) is 0.412. The number of rotatable bonds is 4. The summed E-state index contributed by atoms with van der Waals surface area (Å²) in [4.78, 5) is 22.7. The molecule has 3 N–H and O–H groups in total. The summed E-state index contributed by atoms with van der Waals surface area (Å²) in [5, 5.41) is 3.14. The maximum absolute atomic E-state index is 11.5. The molecule has 2 aromatic rings. The Morgan fingerprint density at radius 2 is 1.67 bits per heavy atom. The summed E-state index contributed by atoms with van der Waals surface area (Å²) in [7, 11) is 0. The third kappa shape index (κ3) is 2.35. The van der Waals surface area contributed by atoms with Gasteiger partial charge in [-0.15, -0.1) is 0 Å². The van der Waals surface area contributed by atoms with Crippen molar-refractivity contribution in [2.24, 2.45) is 0 Å². The number of nitrogens with two attached hydrogens (primary N) is 1. The second-order valence-corrected chi connectivity index (χ2v) is 6.01. The van der Waals surface area contributed by atoms with Gasteiger partial charge in [0.1, 0.15) is 11.4 Å². The zero-order valence-corrected chi connectivity index (χ0v) is 12.0. The standard InChI is InChI=1S/C17H20N2O2/c18-13-14(16(21)15(13)20)19-11-17(9-5-2-6-10-17)12-7-3-1-4-8-12/h1,3-4,7-8,19H,2,5-6,9-11,18H2. The molecule has 4 heteroatoms. The third-order valence-corrected chi connectivity index (χ3v) is 4.75. The van der Waals surface area contributed by atoms with Crippen LogP contribution < -0.4 is 21.9 Å². The minimum atomic E-state index is -0.560. The molecule has 110 valence electrons. The zero-order chi connectivity index (χ0) is 14.9. The Balaban J connectivity index is 1.84. The first-order chi connectivity index (χ1) is 10.1. The maximum atomic E-state index is 11.5. The molecular weight excluding hydrogens is 264 g/mol. The van der Waals surface area contributed by atoms with Crippen molar-refractivity contribution in [3.05, 3.63) is 56.3 Å². The molecule has 2 aromatic carbocycles. The van der Waals surface area contributed by atoms with Gasteiger partial charge in [-0.05, 0) is 18.4 Å². The van der Waals surface area contributed by atoms with E-state index in [-0.39, 0.29) is 11.1 Å². The Labute approximate surface area is 123 Å². The summed E-state index contributed by atoms with van der Waals surface area (Å²) >= 11 is 0. The molecule has 0 heterocycles. The van der Waals surface area contributed by atoms with Crippen LogP contribution in [0, 0.1) is 0 Å². The molecule has 0 saturated heterocycles. The van der Waals surface area contributed by atoms with Gasteiger partial charge >= 0.3 is 0 Å². The van der Waals surface area contributed by atoms with Crippen LogP contribution in [0.25, 0.3) is 0 Å². The lowest BCUT2D eigenvalue weighted by molar-refractivity contribution is 0.308. The second kappa shape index (κ2) is 5.35. The molecule has 0 atom stereocenters. The van der Waals surface area contributed by atoms with Crippen LogP contribution in [0.5, 0.6) is 0 Å². The lowest BCUT2D eigenvalue weighted by atomic mass is 9.69. The summed E-state index contributed by atoms with van der Waals surface area (Å²) in [5.41, 5.74) is 6.28. The zero-order valence-electron chi connectivity index (χ0n) is 12.0. The van der Waals surface area contributed by atoms with Gasteiger partial charge < -0.3 is 11.1 Å². The molecule has 1 fully saturated rings. The van der Waals surface area contributed by atoms with E-state index in [9.17, 15) is 9.59 Å². The van der Waals surface area contributed by atoms with E-state index in [1.807, 2.05) is 6.07 Å². The van der Waals surface area contributed by atoms with Crippen LogP contribution in [0.1, 0.15) is 37.7 Å². The highest BCUT2D eigenvalue weighted by molar-refractivity contribution is 5.71. The predicted octanol–water partition coefficient (Wildman–Crippen LogP) is 2.18. The van der Waals surface area contributed by atoms with Crippen LogP contribution >= 0.6 is 0 Å². The van der Waals surface area contributed by atoms with E-state index < -0.39 is 10.9 Å². The second-order valence-electron chi connectivity index (χ2n) is 6.01. The normalized spacial score (nSPS) is 17.7. The molecule has 3 rings (SSSR count). The average molecular weight is 284 g/mol. The molecule has 0 aromatic heterocycles. The summed E-state index contributed by atoms with van der Waals surface area (Å²) in [6, 6.07) is 10.4. The van der Waals surface area contributed by atoms with Crippen molar-refractivity contribution < 1.29 is 0 Å². The van der Waals surface area contributed by atoms with Crippen molar-refractivity contribution in [2.45, 2.75) is 37.5 Å². The summed E-state index contributed by atoms with van der Waals surface area (Å²) < 4.78 is 0. The number of hydrogen-bond acceptors (Lipinski definition) is 4. The minimum absolute atomic E-state index is 0.0334. The van der Waals surface area contributed by atoms with E-state index in [1.54, 1.807) is 0 Å². The molecular formula is C17H20N2O2. The van der Waals surface area contributed by atoms with Gasteiger partial charge in [-0.1, -0.05) is 49.6 Å². The Morgan fingerprint density at radius 1 is 1.00 bits per heavy atom. The number of anilines is 2. The fourth-order valence-corrected chi connectivity index (χ4v) is 3.43. The number of nitrogens with one attached hydrogen (secondary N) is 1. The molecule has 4 nitrogen and oxygen atoms in total. The molecule has 0 amide bonds. The molecule has 21 heavy (non-hydrogen) atoms. The highest BCUT2D eigenvalue weighted by Gasteiger charge is 2.34. The van der Waals surface area contributed by atoms with Crippen molar-refractivity contribution in [3.63, 3.8) is 0 Å². The lowest BCUT2D eigenvalue weighted by Gasteiger charge is -2.38. The van der Waals surface area contributed by atoms with Crippen molar-refractivity contribution in [1.82, 2.24) is 0 Å². The average Bonchev–Trinajstić information content (AvgIpc) is 2.56. The minimum Gasteiger partial charge on any atom is -0.394 e. The SMILES string of the molecule is Nc1c(NCC2(c3ccccc3)CCCCC2)c(=O)c1=O. The fourth-order valence-electron chi connectivity index (χ4n) is 3.43. The number of hydrogen-bond donors (Lipinski definition) is 2. The molecule has 1 aliphatic carbocycles. The van der Waals surface area contributed by atoms with Crippen LogP contribution in [0.15, 0.2) is 39.9 Å². The van der Waals surface area contributed by atoms with E-state index in [0.717, 1.165) is 12.8 Å². The van der Waals surface area contributed by atoms with Gasteiger partial charge in [0.05, 0.1) is 0 Å². The van der Waals surface area contributed by atoms with Crippen LogP contribution in [0.2, 0.25) is 0 Å². The smallest absolute Gasteiger partial charge is 0.253 e. The highest BCUT2D eigenvalue weighted by Crippen LogP contribution is 2.39. The summed E-state index contributed by atoms with van der Waals surface area (Å²) in [6.45, 7) is 0.659. The van der Waals surface area contributed by atoms with Crippen molar-refractivity contribution in [3.8, 4) is 0 Å². The Kier molecular flexibility index (Phi) is 3.53. The van der Waals surface area contributed by atoms with Gasteiger partial charge in [0, 0.05) is 12.0 Å². The van der Waals surface area contributed by atoms with E-state index in [0.29, 0.717) is 12.2 Å². The lowest BCUT2D eigenvalue weighted by Crippen LogP contribution is -2.42. The van der Waals surface area contributed by atoms with Crippen LogP contribution in [0.3, 0.4) is 0 Å². The van der Waals surface area contributed by atoms with E-state index in [2.05, 4.69) is 29.6 Å². The van der Waals surface area contributed by atoms with Gasteiger partial charge in [0.2, 0.25) is 0 Å². The molecule has 0 bridgehead atoms. The molecule has 0 unspecified atom stereocenters. The molecule has 1 saturated carbocycles. The van der Waals surface area contributed by atoms with E-state index in [4.69, 9.17) is 5.73 Å². The molecule has 0 radical (unpaired) electrons. The third-order valence-electron chi connectivity index (χ3n) is 4.75. The van der Waals surface area contributed by atoms with Crippen molar-refractivity contribution in [2.75, 3.05) is 17.6 Å². The highest BCUT2D eigenvalue weighted by atomic mass is 16.2. The van der Waals surface area contributed by atoms with Crippen molar-refractivity contribution in [1.29, 1.82) is 0 Å². The Bertz CT molecular complexity index is 693. The topological polar surface area (TPSA) is 72.2 Å². The largest absolute Gasteiger partial charge is 0.394 e. The Hall–Kier alpha value is -2.10. The number of benzene rings is 1. The maximum Gasteiger partial charge on any atom is 0.253 e. The monoisotopic (exact) mass is 284 g/mol. The first kappa shape index (κ1) is 13.9. The summed E-state index contributed by atoms with van der Waals surface area (Å²) in [5.74, 6) is 0. The molecule has 0 spiro atoms. The number of nitrogen functional groups attached to an aromatic ring is 1. The van der Waals surface area contributed by atoms with E-state index in [1.165, 1.54) is 24.8 Å². The van der Waals surface area contributed by atoms with Gasteiger partial charge in [-0.3, -0.25) is 9.59 Å². The first-order valence-corrected chi connectivity index (χ1v) is 7.52. The van der Waals surface area contributed by atoms with Crippen molar-refractivity contribution >= 4 is 11.4 Å². The van der Waals surface area contributed by atoms with Gasteiger partial charge in [-0.25, -0.2) is 0 Å². The first-order valence-electron chi connectivity index (χ1n) is 7.52. The van der Waals surface area contributed by atoms with Gasteiger partial charge in [-0.2, -0.15) is 0 Å². The van der Waals surface area contributed by atoms with Crippen LogP contribution in [-0.2, 0) is 5.41 Å². The van der Waals surface area contributed by atoms with Crippen LogP contribution in [0.4, 0.5) is 11.4 Å².